The maximum absolute atomic E-state index is 12.1. The largest absolute Gasteiger partial charge is 0.489 e. The van der Waals surface area contributed by atoms with Crippen LogP contribution in [0.5, 0.6) is 5.75 Å². The van der Waals surface area contributed by atoms with Crippen molar-refractivity contribution in [3.8, 4) is 5.75 Å². The normalized spacial score (nSPS) is 17.0. The highest BCUT2D eigenvalue weighted by molar-refractivity contribution is 5.87. The molecule has 42 heavy (non-hydrogen) atoms. The number of hydrogen-bond acceptors (Lipinski definition) is 6. The lowest BCUT2D eigenvalue weighted by molar-refractivity contribution is -0.131. The molecule has 0 bridgehead atoms. The van der Waals surface area contributed by atoms with Crippen LogP contribution in [0.4, 0.5) is 0 Å². The van der Waals surface area contributed by atoms with Gasteiger partial charge in [0.15, 0.2) is 0 Å². The number of aryl methyl sites for hydroxylation is 1. The molecule has 1 fully saturated rings. The van der Waals surface area contributed by atoms with Crippen molar-refractivity contribution < 1.29 is 19.1 Å². The molecule has 5 rings (SSSR count). The van der Waals surface area contributed by atoms with Crippen molar-refractivity contribution in [1.29, 1.82) is 0 Å². The highest BCUT2D eigenvalue weighted by Gasteiger charge is 2.24. The molecule has 1 saturated heterocycles. The Hall–Kier alpha value is -3.71. The number of pyridine rings is 1. The number of piperidine rings is 1. The molecule has 1 aliphatic carbocycles. The van der Waals surface area contributed by atoms with Gasteiger partial charge in [-0.15, -0.1) is 0 Å². The standard InChI is InChI=1S/C35H43N3O4/c1-3-34(39)38-22-19-27(20-23-38)26-14-12-25(13-15-26)24-42-33-11-6-5-8-28(33)18-21-36-30-9-7-10-31-29(30)16-17-32(37-31)35(40)41-4-2/h5-6,8,11-17,27,30,36H,3-4,7,9-10,18-24H2,1-2H3. The number of nitrogens with one attached hydrogen (secondary N) is 1. The predicted molar refractivity (Wildman–Crippen MR) is 164 cm³/mol. The lowest BCUT2D eigenvalue weighted by atomic mass is 9.89. The van der Waals surface area contributed by atoms with Gasteiger partial charge in [0.05, 0.1) is 6.61 Å². The number of amides is 1. The third-order valence-electron chi connectivity index (χ3n) is 8.53. The summed E-state index contributed by atoms with van der Waals surface area (Å²) in [5.41, 5.74) is 6.26. The van der Waals surface area contributed by atoms with E-state index in [1.807, 2.05) is 30.0 Å². The van der Waals surface area contributed by atoms with Gasteiger partial charge in [-0.1, -0.05) is 55.5 Å². The lowest BCUT2D eigenvalue weighted by Gasteiger charge is -2.32. The Kier molecular flexibility index (Phi) is 10.2. The highest BCUT2D eigenvalue weighted by Crippen LogP contribution is 2.30. The van der Waals surface area contributed by atoms with Crippen molar-refractivity contribution >= 4 is 11.9 Å². The van der Waals surface area contributed by atoms with Crippen LogP contribution >= 0.6 is 0 Å². The summed E-state index contributed by atoms with van der Waals surface area (Å²) in [4.78, 5) is 30.7. The maximum Gasteiger partial charge on any atom is 0.356 e. The highest BCUT2D eigenvalue weighted by atomic mass is 16.5. The van der Waals surface area contributed by atoms with E-state index in [0.717, 1.165) is 75.2 Å². The van der Waals surface area contributed by atoms with Gasteiger partial charge < -0.3 is 19.7 Å². The minimum Gasteiger partial charge on any atom is -0.489 e. The Morgan fingerprint density at radius 2 is 1.76 bits per heavy atom. The van der Waals surface area contributed by atoms with Crippen molar-refractivity contribution in [1.82, 2.24) is 15.2 Å². The predicted octanol–water partition coefficient (Wildman–Crippen LogP) is 6.16. The number of para-hydroxylation sites is 1. The minimum atomic E-state index is -0.357. The van der Waals surface area contributed by atoms with Gasteiger partial charge in [0.1, 0.15) is 18.1 Å². The number of hydrogen-bond donors (Lipinski definition) is 1. The van der Waals surface area contributed by atoms with E-state index in [-0.39, 0.29) is 17.9 Å². The Bertz CT molecular complexity index is 1350. The monoisotopic (exact) mass is 569 g/mol. The zero-order valence-corrected chi connectivity index (χ0v) is 24.9. The first-order chi connectivity index (χ1) is 20.6. The first-order valence-corrected chi connectivity index (χ1v) is 15.5. The first kappa shape index (κ1) is 29.8. The van der Waals surface area contributed by atoms with Crippen LogP contribution in [0.15, 0.2) is 60.7 Å². The minimum absolute atomic E-state index is 0.225. The van der Waals surface area contributed by atoms with Gasteiger partial charge >= 0.3 is 5.97 Å². The third-order valence-corrected chi connectivity index (χ3v) is 8.53. The Morgan fingerprint density at radius 1 is 0.976 bits per heavy atom. The Labute approximate surface area is 249 Å². The number of carbonyl (C=O) groups excluding carboxylic acids is 2. The topological polar surface area (TPSA) is 80.8 Å². The molecule has 222 valence electrons. The van der Waals surface area contributed by atoms with Gasteiger partial charge in [-0.25, -0.2) is 9.78 Å². The molecule has 2 heterocycles. The zero-order chi connectivity index (χ0) is 29.3. The van der Waals surface area contributed by atoms with Gasteiger partial charge in [-0.3, -0.25) is 4.79 Å². The second-order valence-corrected chi connectivity index (χ2v) is 11.2. The molecule has 2 aromatic carbocycles. The van der Waals surface area contributed by atoms with Crippen LogP contribution in [-0.2, 0) is 29.0 Å². The molecule has 1 N–H and O–H groups in total. The molecule has 2 aliphatic rings. The quantitative estimate of drug-likeness (QED) is 0.279. The summed E-state index contributed by atoms with van der Waals surface area (Å²) < 4.78 is 11.4. The third kappa shape index (κ3) is 7.37. The van der Waals surface area contributed by atoms with E-state index in [9.17, 15) is 9.59 Å². The van der Waals surface area contributed by atoms with Crippen molar-refractivity contribution in [2.24, 2.45) is 0 Å². The fourth-order valence-electron chi connectivity index (χ4n) is 6.15. The number of aromatic nitrogens is 1. The van der Waals surface area contributed by atoms with E-state index in [2.05, 4.69) is 46.7 Å². The van der Waals surface area contributed by atoms with Crippen LogP contribution in [0.25, 0.3) is 0 Å². The van der Waals surface area contributed by atoms with E-state index in [0.29, 0.717) is 31.2 Å². The van der Waals surface area contributed by atoms with E-state index >= 15 is 0 Å². The zero-order valence-electron chi connectivity index (χ0n) is 24.9. The molecular formula is C35H43N3O4. The summed E-state index contributed by atoms with van der Waals surface area (Å²) in [5, 5.41) is 3.72. The molecule has 1 amide bonds. The fourth-order valence-corrected chi connectivity index (χ4v) is 6.15. The second-order valence-electron chi connectivity index (χ2n) is 11.2. The summed E-state index contributed by atoms with van der Waals surface area (Å²) in [6.45, 7) is 7.15. The molecule has 1 aromatic heterocycles. The van der Waals surface area contributed by atoms with E-state index in [1.54, 1.807) is 13.0 Å². The molecule has 0 saturated carbocycles. The van der Waals surface area contributed by atoms with Gasteiger partial charge in [-0.05, 0) is 92.3 Å². The SMILES string of the molecule is CCOC(=O)c1ccc2c(n1)CCCC2NCCc1ccccc1OCc1ccc(C2CCN(C(=O)CC)CC2)cc1. The van der Waals surface area contributed by atoms with Gasteiger partial charge in [0.2, 0.25) is 5.91 Å². The second kappa shape index (κ2) is 14.5. The van der Waals surface area contributed by atoms with Crippen LogP contribution in [0.2, 0.25) is 0 Å². The average Bonchev–Trinajstić information content (AvgIpc) is 3.04. The van der Waals surface area contributed by atoms with E-state index in [1.165, 1.54) is 16.7 Å². The summed E-state index contributed by atoms with van der Waals surface area (Å²) >= 11 is 0. The number of nitrogens with zero attached hydrogens (tertiary/aromatic N) is 2. The number of ether oxygens (including phenoxy) is 2. The van der Waals surface area contributed by atoms with Crippen LogP contribution < -0.4 is 10.1 Å². The fraction of sp³-hybridized carbons (Fsp3) is 0.457. The average molecular weight is 570 g/mol. The van der Waals surface area contributed by atoms with Crippen LogP contribution in [0.3, 0.4) is 0 Å². The Balaban J connectivity index is 1.12. The first-order valence-electron chi connectivity index (χ1n) is 15.5. The number of carbonyl (C=O) groups is 2. The van der Waals surface area contributed by atoms with Crippen LogP contribution in [0, 0.1) is 0 Å². The van der Waals surface area contributed by atoms with Crippen molar-refractivity contribution in [2.45, 2.75) is 77.4 Å². The molecule has 0 radical (unpaired) electrons. The van der Waals surface area contributed by atoms with Crippen molar-refractivity contribution in [2.75, 3.05) is 26.2 Å². The van der Waals surface area contributed by atoms with Crippen molar-refractivity contribution in [3.05, 3.63) is 94.3 Å². The molecule has 3 aromatic rings. The summed E-state index contributed by atoms with van der Waals surface area (Å²) in [7, 11) is 0. The van der Waals surface area contributed by atoms with Crippen LogP contribution in [0.1, 0.15) is 96.3 Å². The van der Waals surface area contributed by atoms with Gasteiger partial charge in [-0.2, -0.15) is 0 Å². The summed E-state index contributed by atoms with van der Waals surface area (Å²) in [5.74, 6) is 1.34. The summed E-state index contributed by atoms with van der Waals surface area (Å²) in [6.07, 6.45) is 6.48. The van der Waals surface area contributed by atoms with Gasteiger partial charge in [0, 0.05) is 31.2 Å². The van der Waals surface area contributed by atoms with Crippen LogP contribution in [-0.4, -0.2) is 48.0 Å². The molecule has 1 unspecified atom stereocenters. The van der Waals surface area contributed by atoms with E-state index < -0.39 is 0 Å². The number of fused-ring (bicyclic) bond motifs is 1. The smallest absolute Gasteiger partial charge is 0.356 e. The molecule has 1 atom stereocenters. The molecule has 1 aliphatic heterocycles. The molecular weight excluding hydrogens is 526 g/mol. The number of benzene rings is 2. The van der Waals surface area contributed by atoms with E-state index in [4.69, 9.17) is 9.47 Å². The lowest BCUT2D eigenvalue weighted by Crippen LogP contribution is -2.37. The molecule has 7 heteroatoms. The number of rotatable bonds is 11. The molecule has 7 nitrogen and oxygen atoms in total. The summed E-state index contributed by atoms with van der Waals surface area (Å²) in [6, 6.07) is 21.1. The molecule has 0 spiro atoms. The van der Waals surface area contributed by atoms with Crippen molar-refractivity contribution in [3.63, 3.8) is 0 Å². The maximum atomic E-state index is 12.1. The van der Waals surface area contributed by atoms with Gasteiger partial charge in [0.25, 0.3) is 0 Å². The number of esters is 1. The Morgan fingerprint density at radius 3 is 2.52 bits per heavy atom. The number of likely N-dealkylation sites (tertiary alicyclic amines) is 1.